The van der Waals surface area contributed by atoms with E-state index >= 15 is 0 Å². The number of aromatic nitrogens is 1. The number of nitrogens with zero attached hydrogens (tertiary/aromatic N) is 1. The van der Waals surface area contributed by atoms with Crippen LogP contribution in [0.25, 0.3) is 11.3 Å². The van der Waals surface area contributed by atoms with Crippen LogP contribution in [0.5, 0.6) is 0 Å². The van der Waals surface area contributed by atoms with Gasteiger partial charge in [-0.15, -0.1) is 0 Å². The highest BCUT2D eigenvalue weighted by atomic mass is 19.1. The molecule has 0 unspecified atom stereocenters. The molecule has 0 N–H and O–H groups in total. The van der Waals surface area contributed by atoms with E-state index in [0.717, 1.165) is 5.56 Å². The molecule has 0 saturated carbocycles. The molecule has 2 rings (SSSR count). The second-order valence-corrected chi connectivity index (χ2v) is 2.80. The summed E-state index contributed by atoms with van der Waals surface area (Å²) in [6.45, 7) is 1.65. The largest absolute Gasteiger partial charge is 0.325 e. The summed E-state index contributed by atoms with van der Waals surface area (Å²) >= 11 is 0. The standard InChI is InChI=1S/C10H8FNO/c1-7-9(12-13-10(7)11)8-5-3-2-4-6-8/h2-6H,1H3. The van der Waals surface area contributed by atoms with Gasteiger partial charge in [-0.05, 0) is 6.92 Å². The molecule has 0 bridgehead atoms. The maximum atomic E-state index is 12.8. The molecule has 2 nitrogen and oxygen atoms in total. The summed E-state index contributed by atoms with van der Waals surface area (Å²) in [5, 5.41) is 3.64. The SMILES string of the molecule is Cc1c(-c2ccccc2)noc1F. The first-order valence-corrected chi connectivity index (χ1v) is 3.96. The fourth-order valence-electron chi connectivity index (χ4n) is 1.18. The van der Waals surface area contributed by atoms with Gasteiger partial charge in [-0.25, -0.2) is 0 Å². The van der Waals surface area contributed by atoms with E-state index in [1.165, 1.54) is 0 Å². The van der Waals surface area contributed by atoms with E-state index in [1.807, 2.05) is 30.3 Å². The minimum Gasteiger partial charge on any atom is -0.325 e. The summed E-state index contributed by atoms with van der Waals surface area (Å²) in [5.74, 6) is 0. The van der Waals surface area contributed by atoms with Gasteiger partial charge >= 0.3 is 6.01 Å². The molecule has 13 heavy (non-hydrogen) atoms. The number of hydrogen-bond donors (Lipinski definition) is 0. The van der Waals surface area contributed by atoms with Crippen LogP contribution in [0.4, 0.5) is 4.39 Å². The van der Waals surface area contributed by atoms with Crippen molar-refractivity contribution in [1.82, 2.24) is 5.16 Å². The zero-order valence-electron chi connectivity index (χ0n) is 7.12. The lowest BCUT2D eigenvalue weighted by molar-refractivity contribution is 0.280. The third kappa shape index (κ3) is 1.33. The predicted molar refractivity (Wildman–Crippen MR) is 46.6 cm³/mol. The Balaban J connectivity index is 2.53. The van der Waals surface area contributed by atoms with Crippen molar-refractivity contribution < 1.29 is 8.91 Å². The summed E-state index contributed by atoms with van der Waals surface area (Å²) in [7, 11) is 0. The van der Waals surface area contributed by atoms with Gasteiger partial charge < -0.3 is 4.52 Å². The van der Waals surface area contributed by atoms with E-state index in [2.05, 4.69) is 9.68 Å². The van der Waals surface area contributed by atoms with E-state index < -0.39 is 6.01 Å². The molecule has 0 aliphatic heterocycles. The maximum absolute atomic E-state index is 12.8. The molecular formula is C10H8FNO. The summed E-state index contributed by atoms with van der Waals surface area (Å²) in [4.78, 5) is 0. The van der Waals surface area contributed by atoms with Crippen LogP contribution in [0.1, 0.15) is 5.56 Å². The molecule has 2 aromatic rings. The van der Waals surface area contributed by atoms with Gasteiger partial charge in [-0.3, -0.25) is 0 Å². The Labute approximate surface area is 75.0 Å². The summed E-state index contributed by atoms with van der Waals surface area (Å²) in [6.07, 6.45) is 0. The summed E-state index contributed by atoms with van der Waals surface area (Å²) < 4.78 is 17.2. The molecule has 1 aromatic carbocycles. The van der Waals surface area contributed by atoms with Crippen LogP contribution in [-0.2, 0) is 0 Å². The Bertz CT molecular complexity index is 408. The van der Waals surface area contributed by atoms with Crippen LogP contribution in [0.3, 0.4) is 0 Å². The van der Waals surface area contributed by atoms with Gasteiger partial charge in [0, 0.05) is 5.56 Å². The smallest absolute Gasteiger partial charge is 0.309 e. The Morgan fingerprint density at radius 3 is 2.46 bits per heavy atom. The average molecular weight is 177 g/mol. The van der Waals surface area contributed by atoms with E-state index in [-0.39, 0.29) is 0 Å². The average Bonchev–Trinajstić information content (AvgIpc) is 2.49. The van der Waals surface area contributed by atoms with Gasteiger partial charge in [0.2, 0.25) is 0 Å². The van der Waals surface area contributed by atoms with Gasteiger partial charge in [-0.2, -0.15) is 4.39 Å². The first kappa shape index (κ1) is 7.98. The summed E-state index contributed by atoms with van der Waals surface area (Å²) in [5.41, 5.74) is 1.89. The minimum absolute atomic E-state index is 0.450. The fraction of sp³-hybridized carbons (Fsp3) is 0.100. The van der Waals surface area contributed by atoms with E-state index in [1.54, 1.807) is 6.92 Å². The lowest BCUT2D eigenvalue weighted by Gasteiger charge is -1.94. The number of benzene rings is 1. The molecule has 1 aromatic heterocycles. The number of rotatable bonds is 1. The third-order valence-corrected chi connectivity index (χ3v) is 1.91. The molecule has 0 aliphatic carbocycles. The van der Waals surface area contributed by atoms with Crippen molar-refractivity contribution >= 4 is 0 Å². The van der Waals surface area contributed by atoms with E-state index in [9.17, 15) is 4.39 Å². The molecule has 3 heteroatoms. The molecule has 0 aliphatic rings. The maximum Gasteiger partial charge on any atom is 0.309 e. The Hall–Kier alpha value is -1.64. The molecule has 0 saturated heterocycles. The van der Waals surface area contributed by atoms with Crippen molar-refractivity contribution in [2.45, 2.75) is 6.92 Å². The van der Waals surface area contributed by atoms with E-state index in [4.69, 9.17) is 0 Å². The third-order valence-electron chi connectivity index (χ3n) is 1.91. The lowest BCUT2D eigenvalue weighted by Crippen LogP contribution is -1.80. The van der Waals surface area contributed by atoms with Crippen LogP contribution < -0.4 is 0 Å². The number of halogens is 1. The zero-order chi connectivity index (χ0) is 9.26. The van der Waals surface area contributed by atoms with Crippen LogP contribution in [0, 0.1) is 12.9 Å². The highest BCUT2D eigenvalue weighted by Gasteiger charge is 2.11. The lowest BCUT2D eigenvalue weighted by atomic mass is 10.1. The van der Waals surface area contributed by atoms with Crippen molar-refractivity contribution in [3.8, 4) is 11.3 Å². The van der Waals surface area contributed by atoms with Gasteiger partial charge in [0.25, 0.3) is 0 Å². The second-order valence-electron chi connectivity index (χ2n) is 2.80. The second kappa shape index (κ2) is 3.01. The molecular weight excluding hydrogens is 169 g/mol. The Morgan fingerprint density at radius 2 is 1.92 bits per heavy atom. The van der Waals surface area contributed by atoms with Gasteiger partial charge in [0.05, 0.1) is 5.56 Å². The topological polar surface area (TPSA) is 26.0 Å². The van der Waals surface area contributed by atoms with E-state index in [0.29, 0.717) is 11.3 Å². The molecule has 0 radical (unpaired) electrons. The normalized spacial score (nSPS) is 10.3. The predicted octanol–water partition coefficient (Wildman–Crippen LogP) is 2.79. The number of hydrogen-bond acceptors (Lipinski definition) is 2. The molecule has 0 spiro atoms. The minimum atomic E-state index is -0.612. The molecule has 0 atom stereocenters. The van der Waals surface area contributed by atoms with Crippen LogP contribution in [0.15, 0.2) is 34.9 Å². The fourth-order valence-corrected chi connectivity index (χ4v) is 1.18. The van der Waals surface area contributed by atoms with Gasteiger partial charge in [-0.1, -0.05) is 35.5 Å². The monoisotopic (exact) mass is 177 g/mol. The van der Waals surface area contributed by atoms with Crippen LogP contribution in [0.2, 0.25) is 0 Å². The quantitative estimate of drug-likeness (QED) is 0.669. The summed E-state index contributed by atoms with van der Waals surface area (Å²) in [6, 6.07) is 8.77. The van der Waals surface area contributed by atoms with Gasteiger partial charge in [0.1, 0.15) is 5.69 Å². The van der Waals surface area contributed by atoms with Crippen molar-refractivity contribution in [2.75, 3.05) is 0 Å². The Morgan fingerprint density at radius 1 is 1.23 bits per heavy atom. The van der Waals surface area contributed by atoms with Gasteiger partial charge in [0.15, 0.2) is 0 Å². The Kier molecular flexibility index (Phi) is 1.85. The molecule has 1 heterocycles. The molecule has 66 valence electrons. The molecule has 0 fully saturated rings. The van der Waals surface area contributed by atoms with Crippen molar-refractivity contribution in [3.05, 3.63) is 41.9 Å². The first-order chi connectivity index (χ1) is 6.29. The first-order valence-electron chi connectivity index (χ1n) is 3.96. The highest BCUT2D eigenvalue weighted by Crippen LogP contribution is 2.22. The zero-order valence-corrected chi connectivity index (χ0v) is 7.12. The van der Waals surface area contributed by atoms with Crippen LogP contribution in [-0.4, -0.2) is 5.16 Å². The van der Waals surface area contributed by atoms with Crippen molar-refractivity contribution in [2.24, 2.45) is 0 Å². The molecule has 0 amide bonds. The van der Waals surface area contributed by atoms with Crippen molar-refractivity contribution in [3.63, 3.8) is 0 Å². The van der Waals surface area contributed by atoms with Crippen LogP contribution >= 0.6 is 0 Å². The van der Waals surface area contributed by atoms with Crippen molar-refractivity contribution in [1.29, 1.82) is 0 Å². The highest BCUT2D eigenvalue weighted by molar-refractivity contribution is 5.61.